The van der Waals surface area contributed by atoms with Crippen LogP contribution in [0, 0.1) is 0 Å². The van der Waals surface area contributed by atoms with Gasteiger partial charge in [-0.1, -0.05) is 6.07 Å². The predicted octanol–water partition coefficient (Wildman–Crippen LogP) is 1.63. The molecule has 6 heteroatoms. The molecule has 0 aromatic heterocycles. The van der Waals surface area contributed by atoms with E-state index >= 15 is 0 Å². The third-order valence-corrected chi connectivity index (χ3v) is 4.32. The van der Waals surface area contributed by atoms with Crippen LogP contribution in [-0.2, 0) is 0 Å². The second-order valence-electron chi connectivity index (χ2n) is 5.15. The molecule has 1 aliphatic heterocycles. The van der Waals surface area contributed by atoms with Gasteiger partial charge >= 0.3 is 0 Å². The highest BCUT2D eigenvalue weighted by molar-refractivity contribution is 7.80. The summed E-state index contributed by atoms with van der Waals surface area (Å²) < 4.78 is 10.8. The van der Waals surface area contributed by atoms with Gasteiger partial charge in [0.25, 0.3) is 0 Å². The van der Waals surface area contributed by atoms with Crippen molar-refractivity contribution < 1.29 is 9.47 Å². The van der Waals surface area contributed by atoms with Crippen LogP contribution in [0.2, 0.25) is 0 Å². The molecule has 5 nitrogen and oxygen atoms in total. The van der Waals surface area contributed by atoms with Crippen LogP contribution < -0.4 is 15.2 Å². The Morgan fingerprint density at radius 3 is 2.38 bits per heavy atom. The zero-order valence-electron chi connectivity index (χ0n) is 12.8. The molecule has 1 saturated heterocycles. The van der Waals surface area contributed by atoms with E-state index in [0.717, 1.165) is 37.7 Å². The van der Waals surface area contributed by atoms with Crippen LogP contribution in [0.25, 0.3) is 0 Å². The first-order valence-electron chi connectivity index (χ1n) is 7.07. The molecule has 0 spiro atoms. The van der Waals surface area contributed by atoms with Crippen molar-refractivity contribution in [3.8, 4) is 11.5 Å². The van der Waals surface area contributed by atoms with Crippen LogP contribution in [0.3, 0.4) is 0 Å². The summed E-state index contributed by atoms with van der Waals surface area (Å²) in [5.41, 5.74) is 6.85. The van der Waals surface area contributed by atoms with Crippen LogP contribution in [0.15, 0.2) is 18.2 Å². The standard InChI is InChI=1S/C15H23N3O2S/c1-11(17-6-8-18(9-7-17)15(16)21)13-5-4-12(19-2)10-14(13)20-3/h4-5,10-11H,6-9H2,1-3H3,(H2,16,21). The van der Waals surface area contributed by atoms with Crippen molar-refractivity contribution >= 4 is 17.3 Å². The van der Waals surface area contributed by atoms with E-state index in [9.17, 15) is 0 Å². The van der Waals surface area contributed by atoms with E-state index in [1.807, 2.05) is 17.0 Å². The highest BCUT2D eigenvalue weighted by Gasteiger charge is 2.24. The van der Waals surface area contributed by atoms with Gasteiger partial charge in [-0.25, -0.2) is 0 Å². The van der Waals surface area contributed by atoms with Crippen LogP contribution >= 0.6 is 12.2 Å². The van der Waals surface area contributed by atoms with Crippen molar-refractivity contribution in [2.45, 2.75) is 13.0 Å². The number of nitrogens with zero attached hydrogens (tertiary/aromatic N) is 2. The van der Waals surface area contributed by atoms with Gasteiger partial charge in [0.1, 0.15) is 11.5 Å². The minimum absolute atomic E-state index is 0.277. The second kappa shape index (κ2) is 6.95. The maximum atomic E-state index is 5.68. The first-order chi connectivity index (χ1) is 10.1. The molecule has 0 bridgehead atoms. The Bertz CT molecular complexity index is 502. The number of nitrogens with two attached hydrogens (primary N) is 1. The number of piperazine rings is 1. The van der Waals surface area contributed by atoms with Crippen molar-refractivity contribution in [2.75, 3.05) is 40.4 Å². The SMILES string of the molecule is COc1ccc(C(C)N2CCN(C(N)=S)CC2)c(OC)c1. The lowest BCUT2D eigenvalue weighted by Gasteiger charge is -2.38. The molecule has 2 N–H and O–H groups in total. The zero-order chi connectivity index (χ0) is 15.4. The molecular formula is C15H23N3O2S. The van der Waals surface area contributed by atoms with E-state index < -0.39 is 0 Å². The fraction of sp³-hybridized carbons (Fsp3) is 0.533. The number of methoxy groups -OCH3 is 2. The molecule has 116 valence electrons. The van der Waals surface area contributed by atoms with Crippen molar-refractivity contribution in [3.63, 3.8) is 0 Å². The Hall–Kier alpha value is -1.53. The van der Waals surface area contributed by atoms with E-state index in [-0.39, 0.29) is 6.04 Å². The summed E-state index contributed by atoms with van der Waals surface area (Å²) in [7, 11) is 3.35. The molecule has 1 aromatic carbocycles. The summed E-state index contributed by atoms with van der Waals surface area (Å²) in [5.74, 6) is 1.67. The molecule has 0 saturated carbocycles. The molecule has 1 heterocycles. The third kappa shape index (κ3) is 3.57. The molecule has 21 heavy (non-hydrogen) atoms. The van der Waals surface area contributed by atoms with Gasteiger partial charge in [-0.2, -0.15) is 0 Å². The Labute approximate surface area is 131 Å². The summed E-state index contributed by atoms with van der Waals surface area (Å²) in [6.45, 7) is 5.82. The van der Waals surface area contributed by atoms with Crippen molar-refractivity contribution in [2.24, 2.45) is 5.73 Å². The van der Waals surface area contributed by atoms with Gasteiger partial charge in [0.05, 0.1) is 14.2 Å². The van der Waals surface area contributed by atoms with Crippen molar-refractivity contribution in [1.29, 1.82) is 0 Å². The Morgan fingerprint density at radius 2 is 1.86 bits per heavy atom. The fourth-order valence-electron chi connectivity index (χ4n) is 2.69. The lowest BCUT2D eigenvalue weighted by atomic mass is 10.0. The number of thiocarbonyl (C=S) groups is 1. The van der Waals surface area contributed by atoms with E-state index in [0.29, 0.717) is 5.11 Å². The van der Waals surface area contributed by atoms with E-state index in [2.05, 4.69) is 17.9 Å². The molecule has 1 fully saturated rings. The van der Waals surface area contributed by atoms with E-state index in [1.54, 1.807) is 14.2 Å². The second-order valence-corrected chi connectivity index (χ2v) is 5.56. The maximum absolute atomic E-state index is 5.68. The lowest BCUT2D eigenvalue weighted by Crippen LogP contribution is -2.50. The largest absolute Gasteiger partial charge is 0.497 e. The predicted molar refractivity (Wildman–Crippen MR) is 87.9 cm³/mol. The highest BCUT2D eigenvalue weighted by Crippen LogP contribution is 2.32. The average molecular weight is 309 g/mol. The molecule has 0 aliphatic carbocycles. The van der Waals surface area contributed by atoms with Gasteiger partial charge < -0.3 is 20.1 Å². The Morgan fingerprint density at radius 1 is 1.19 bits per heavy atom. The van der Waals surface area contributed by atoms with E-state index in [1.165, 1.54) is 5.56 Å². The molecule has 0 amide bonds. The molecule has 0 radical (unpaired) electrons. The van der Waals surface area contributed by atoms with Gasteiger partial charge in [0.15, 0.2) is 5.11 Å². The topological polar surface area (TPSA) is 51.0 Å². The highest BCUT2D eigenvalue weighted by atomic mass is 32.1. The quantitative estimate of drug-likeness (QED) is 0.853. The summed E-state index contributed by atoms with van der Waals surface area (Å²) in [5, 5.41) is 0.490. The van der Waals surface area contributed by atoms with Crippen LogP contribution in [0.1, 0.15) is 18.5 Å². The molecule has 2 rings (SSSR count). The lowest BCUT2D eigenvalue weighted by molar-refractivity contribution is 0.139. The minimum atomic E-state index is 0.277. The molecule has 1 aliphatic rings. The van der Waals surface area contributed by atoms with Crippen LogP contribution in [0.5, 0.6) is 11.5 Å². The first-order valence-corrected chi connectivity index (χ1v) is 7.48. The number of hydrogen-bond acceptors (Lipinski definition) is 4. The van der Waals surface area contributed by atoms with Crippen molar-refractivity contribution in [3.05, 3.63) is 23.8 Å². The normalized spacial score (nSPS) is 17.4. The summed E-state index contributed by atoms with van der Waals surface area (Å²) in [6.07, 6.45) is 0. The van der Waals surface area contributed by atoms with Gasteiger partial charge in [-0.3, -0.25) is 4.90 Å². The summed E-state index contributed by atoms with van der Waals surface area (Å²) in [6, 6.07) is 6.25. The Kier molecular flexibility index (Phi) is 5.25. The van der Waals surface area contributed by atoms with Gasteiger partial charge in [0, 0.05) is 43.9 Å². The first kappa shape index (κ1) is 15.9. The van der Waals surface area contributed by atoms with Crippen LogP contribution in [-0.4, -0.2) is 55.3 Å². The molecule has 1 unspecified atom stereocenters. The minimum Gasteiger partial charge on any atom is -0.497 e. The van der Waals surface area contributed by atoms with Crippen molar-refractivity contribution in [1.82, 2.24) is 9.80 Å². The van der Waals surface area contributed by atoms with Gasteiger partial charge in [0.2, 0.25) is 0 Å². The zero-order valence-corrected chi connectivity index (χ0v) is 13.7. The Balaban J connectivity index is 2.10. The number of benzene rings is 1. The third-order valence-electron chi connectivity index (χ3n) is 4.06. The number of ether oxygens (including phenoxy) is 2. The van der Waals surface area contributed by atoms with Crippen LogP contribution in [0.4, 0.5) is 0 Å². The molecule has 1 aromatic rings. The number of hydrogen-bond donors (Lipinski definition) is 1. The summed E-state index contributed by atoms with van der Waals surface area (Å²) >= 11 is 5.03. The fourth-order valence-corrected chi connectivity index (χ4v) is 2.87. The van der Waals surface area contributed by atoms with Gasteiger partial charge in [-0.05, 0) is 25.2 Å². The summed E-state index contributed by atoms with van der Waals surface area (Å²) in [4.78, 5) is 4.46. The van der Waals surface area contributed by atoms with E-state index in [4.69, 9.17) is 27.4 Å². The monoisotopic (exact) mass is 309 g/mol. The smallest absolute Gasteiger partial charge is 0.166 e. The average Bonchev–Trinajstić information content (AvgIpc) is 2.53. The molecular weight excluding hydrogens is 286 g/mol. The van der Waals surface area contributed by atoms with Gasteiger partial charge in [-0.15, -0.1) is 0 Å². The molecule has 1 atom stereocenters. The maximum Gasteiger partial charge on any atom is 0.166 e. The number of rotatable bonds is 4.